The zero-order valence-corrected chi connectivity index (χ0v) is 14.6. The van der Waals surface area contributed by atoms with Crippen molar-refractivity contribution in [3.05, 3.63) is 70.5 Å². The van der Waals surface area contributed by atoms with E-state index < -0.39 is 16.7 Å². The van der Waals surface area contributed by atoms with Crippen molar-refractivity contribution in [3.63, 3.8) is 0 Å². The van der Waals surface area contributed by atoms with Crippen LogP contribution >= 0.6 is 11.8 Å². The van der Waals surface area contributed by atoms with Crippen LogP contribution in [0.15, 0.2) is 59.9 Å². The van der Waals surface area contributed by atoms with Gasteiger partial charge >= 0.3 is 0 Å². The lowest BCUT2D eigenvalue weighted by atomic mass is 10.2. The highest BCUT2D eigenvalue weighted by Crippen LogP contribution is 2.23. The van der Waals surface area contributed by atoms with Crippen LogP contribution in [0.1, 0.15) is 10.4 Å². The lowest BCUT2D eigenvalue weighted by Gasteiger charge is -2.08. The van der Waals surface area contributed by atoms with E-state index in [1.165, 1.54) is 36.3 Å². The summed E-state index contributed by atoms with van der Waals surface area (Å²) in [6.45, 7) is 0. The first-order chi connectivity index (χ1) is 13.0. The van der Waals surface area contributed by atoms with Crippen LogP contribution in [0.25, 0.3) is 10.9 Å². The number of nitro groups is 1. The topological polar surface area (TPSA) is 127 Å². The van der Waals surface area contributed by atoms with Crippen LogP contribution < -0.4 is 10.9 Å². The van der Waals surface area contributed by atoms with E-state index in [0.29, 0.717) is 5.03 Å². The number of nitro benzene ring substituents is 1. The molecule has 0 aliphatic carbocycles. The second-order valence-electron chi connectivity index (χ2n) is 5.29. The lowest BCUT2D eigenvalue weighted by molar-refractivity contribution is -0.384. The van der Waals surface area contributed by atoms with E-state index in [1.807, 2.05) is 24.3 Å². The Kier molecular flexibility index (Phi) is 5.57. The van der Waals surface area contributed by atoms with Crippen LogP contribution in [0.5, 0.6) is 0 Å². The largest absolute Gasteiger partial charge is 0.272 e. The van der Waals surface area contributed by atoms with Gasteiger partial charge in [0.25, 0.3) is 11.6 Å². The second-order valence-corrected chi connectivity index (χ2v) is 6.26. The van der Waals surface area contributed by atoms with Crippen LogP contribution in [0.3, 0.4) is 0 Å². The van der Waals surface area contributed by atoms with E-state index in [9.17, 15) is 19.7 Å². The number of benzene rings is 2. The van der Waals surface area contributed by atoms with Crippen molar-refractivity contribution in [2.75, 3.05) is 5.75 Å². The molecule has 136 valence electrons. The Morgan fingerprint density at radius 3 is 2.70 bits per heavy atom. The summed E-state index contributed by atoms with van der Waals surface area (Å²) >= 11 is 1.21. The molecule has 1 aromatic heterocycles. The van der Waals surface area contributed by atoms with E-state index in [1.54, 1.807) is 0 Å². The smallest absolute Gasteiger partial charge is 0.270 e. The normalized spacial score (nSPS) is 10.4. The van der Waals surface area contributed by atoms with Gasteiger partial charge in [-0.15, -0.1) is 0 Å². The molecule has 9 nitrogen and oxygen atoms in total. The summed E-state index contributed by atoms with van der Waals surface area (Å²) in [6, 6.07) is 12.6. The molecule has 0 saturated carbocycles. The van der Waals surface area contributed by atoms with Gasteiger partial charge < -0.3 is 0 Å². The van der Waals surface area contributed by atoms with Gasteiger partial charge in [0.1, 0.15) is 11.4 Å². The number of carbonyl (C=O) groups is 2. The minimum atomic E-state index is -0.649. The quantitative estimate of drug-likeness (QED) is 0.299. The SMILES string of the molecule is O=C(CSc1ncnc2ccccc12)NNC(=O)c1cccc([N+](=O)[O-])c1. The van der Waals surface area contributed by atoms with Crippen LogP contribution in [0.2, 0.25) is 0 Å². The van der Waals surface area contributed by atoms with E-state index >= 15 is 0 Å². The molecule has 3 aromatic rings. The molecule has 1 heterocycles. The van der Waals surface area contributed by atoms with Crippen molar-refractivity contribution in [1.82, 2.24) is 20.8 Å². The maximum atomic E-state index is 12.0. The number of carbonyl (C=O) groups excluding carboxylic acids is 2. The average molecular weight is 383 g/mol. The van der Waals surface area contributed by atoms with Crippen LogP contribution in [0.4, 0.5) is 5.69 Å². The van der Waals surface area contributed by atoms with Gasteiger partial charge in [-0.1, -0.05) is 36.0 Å². The Morgan fingerprint density at radius 2 is 1.89 bits per heavy atom. The number of nitrogens with zero attached hydrogens (tertiary/aromatic N) is 3. The number of fused-ring (bicyclic) bond motifs is 1. The molecule has 27 heavy (non-hydrogen) atoms. The van der Waals surface area contributed by atoms with E-state index in [2.05, 4.69) is 20.8 Å². The number of hydrogen-bond acceptors (Lipinski definition) is 7. The Labute approximate surface area is 157 Å². The zero-order chi connectivity index (χ0) is 19.2. The fraction of sp³-hybridized carbons (Fsp3) is 0.0588. The molecule has 2 aromatic carbocycles. The molecule has 0 radical (unpaired) electrons. The zero-order valence-electron chi connectivity index (χ0n) is 13.8. The number of non-ortho nitro benzene ring substituents is 1. The predicted octanol–water partition coefficient (Wildman–Crippen LogP) is 2.09. The summed E-state index contributed by atoms with van der Waals surface area (Å²) in [5.74, 6) is -1.07. The third kappa shape index (κ3) is 4.55. The van der Waals surface area contributed by atoms with E-state index in [4.69, 9.17) is 0 Å². The number of para-hydroxylation sites is 1. The molecule has 0 aliphatic heterocycles. The van der Waals surface area contributed by atoms with Crippen molar-refractivity contribution in [2.45, 2.75) is 5.03 Å². The number of thioether (sulfide) groups is 1. The predicted molar refractivity (Wildman–Crippen MR) is 99.0 cm³/mol. The molecule has 0 fully saturated rings. The fourth-order valence-corrected chi connectivity index (χ4v) is 3.01. The standard InChI is InChI=1S/C17H13N5O4S/c23-15(9-27-17-13-6-1-2-7-14(13)18-10-19-17)20-21-16(24)11-4-3-5-12(8-11)22(25)26/h1-8,10H,9H2,(H,20,23)(H,21,24). The molecular weight excluding hydrogens is 370 g/mol. The molecule has 2 N–H and O–H groups in total. The minimum absolute atomic E-state index is 0.0240. The molecule has 3 rings (SSSR count). The summed E-state index contributed by atoms with van der Waals surface area (Å²) in [4.78, 5) is 42.4. The van der Waals surface area contributed by atoms with Gasteiger partial charge in [0.15, 0.2) is 0 Å². The number of amides is 2. The molecule has 10 heteroatoms. The number of hydrazine groups is 1. The van der Waals surface area contributed by atoms with Gasteiger partial charge in [-0.05, 0) is 12.1 Å². The molecule has 0 unspecified atom stereocenters. The summed E-state index contributed by atoms with van der Waals surface area (Å²) in [6.07, 6.45) is 1.42. The maximum Gasteiger partial charge on any atom is 0.270 e. The third-order valence-electron chi connectivity index (χ3n) is 3.48. The fourth-order valence-electron chi connectivity index (χ4n) is 2.22. The highest BCUT2D eigenvalue weighted by atomic mass is 32.2. The maximum absolute atomic E-state index is 12.0. The van der Waals surface area contributed by atoms with E-state index in [-0.39, 0.29) is 17.0 Å². The first-order valence-electron chi connectivity index (χ1n) is 7.71. The van der Waals surface area contributed by atoms with Crippen LogP contribution in [0, 0.1) is 10.1 Å². The second kappa shape index (κ2) is 8.23. The van der Waals surface area contributed by atoms with Gasteiger partial charge in [-0.2, -0.15) is 0 Å². The molecule has 0 atom stereocenters. The number of nitrogens with one attached hydrogen (secondary N) is 2. The minimum Gasteiger partial charge on any atom is -0.272 e. The first kappa shape index (κ1) is 18.3. The molecule has 0 saturated heterocycles. The van der Waals surface area contributed by atoms with Gasteiger partial charge in [0.2, 0.25) is 5.91 Å². The van der Waals surface area contributed by atoms with Gasteiger partial charge in [0.05, 0.1) is 16.2 Å². The Bertz CT molecular complexity index is 1020. The third-order valence-corrected chi connectivity index (χ3v) is 4.49. The summed E-state index contributed by atoms with van der Waals surface area (Å²) in [5.41, 5.74) is 5.14. The van der Waals surface area contributed by atoms with Crippen molar-refractivity contribution in [3.8, 4) is 0 Å². The van der Waals surface area contributed by atoms with Gasteiger partial charge in [-0.25, -0.2) is 9.97 Å². The monoisotopic (exact) mass is 383 g/mol. The van der Waals surface area contributed by atoms with Gasteiger partial charge in [0, 0.05) is 23.1 Å². The molecule has 0 aliphatic rings. The first-order valence-corrected chi connectivity index (χ1v) is 8.69. The van der Waals surface area contributed by atoms with Crippen molar-refractivity contribution < 1.29 is 14.5 Å². The van der Waals surface area contributed by atoms with Crippen molar-refractivity contribution in [2.24, 2.45) is 0 Å². The molecule has 0 spiro atoms. The van der Waals surface area contributed by atoms with Crippen molar-refractivity contribution >= 4 is 40.2 Å². The highest BCUT2D eigenvalue weighted by Gasteiger charge is 2.13. The van der Waals surface area contributed by atoms with Crippen molar-refractivity contribution in [1.29, 1.82) is 0 Å². The summed E-state index contributed by atoms with van der Waals surface area (Å²) in [5, 5.41) is 12.2. The van der Waals surface area contributed by atoms with Gasteiger partial charge in [-0.3, -0.25) is 30.6 Å². The number of aromatic nitrogens is 2. The van der Waals surface area contributed by atoms with Crippen LogP contribution in [-0.2, 0) is 4.79 Å². The highest BCUT2D eigenvalue weighted by molar-refractivity contribution is 8.00. The van der Waals surface area contributed by atoms with E-state index in [0.717, 1.165) is 17.0 Å². The lowest BCUT2D eigenvalue weighted by Crippen LogP contribution is -2.42. The van der Waals surface area contributed by atoms with Crippen LogP contribution in [-0.4, -0.2) is 32.5 Å². The molecular formula is C17H13N5O4S. The Hall–Kier alpha value is -3.53. The molecule has 0 bridgehead atoms. The average Bonchev–Trinajstić information content (AvgIpc) is 2.70. The molecule has 2 amide bonds. The Morgan fingerprint density at radius 1 is 1.07 bits per heavy atom. The summed E-state index contributed by atoms with van der Waals surface area (Å²) < 4.78 is 0. The number of rotatable bonds is 5. The Balaban J connectivity index is 1.56. The summed E-state index contributed by atoms with van der Waals surface area (Å²) in [7, 11) is 0. The number of hydrogen-bond donors (Lipinski definition) is 2.